The number of aromatic amines is 1. The van der Waals surface area contributed by atoms with Crippen LogP contribution in [0.4, 0.5) is 0 Å². The van der Waals surface area contributed by atoms with E-state index in [9.17, 15) is 4.79 Å². The summed E-state index contributed by atoms with van der Waals surface area (Å²) in [7, 11) is 3.18. The smallest absolute Gasteiger partial charge is 0.253 e. The molecule has 1 aliphatic heterocycles. The average molecular weight is 489 g/mol. The van der Waals surface area contributed by atoms with Gasteiger partial charge in [-0.1, -0.05) is 31.2 Å². The molecule has 188 valence electrons. The first-order valence-electron chi connectivity index (χ1n) is 12.2. The minimum absolute atomic E-state index is 0.178. The highest BCUT2D eigenvalue weighted by Gasteiger charge is 2.35. The second-order valence-electron chi connectivity index (χ2n) is 9.85. The lowest BCUT2D eigenvalue weighted by Crippen LogP contribution is -2.40. The number of pyridine rings is 1. The molecule has 1 aliphatic rings. The first-order valence-corrected chi connectivity index (χ1v) is 12.2. The van der Waals surface area contributed by atoms with Crippen molar-refractivity contribution in [1.29, 1.82) is 0 Å². The molecular formula is C27H32N6O3. The molecule has 3 heterocycles. The van der Waals surface area contributed by atoms with Gasteiger partial charge in [0.2, 0.25) is 0 Å². The number of hydrogen-bond donors (Lipinski definition) is 1. The molecule has 0 saturated heterocycles. The molecule has 0 amide bonds. The van der Waals surface area contributed by atoms with Gasteiger partial charge in [0.1, 0.15) is 6.04 Å². The maximum atomic E-state index is 13.6. The zero-order chi connectivity index (χ0) is 25.4. The lowest BCUT2D eigenvalue weighted by molar-refractivity contribution is 0.181. The van der Waals surface area contributed by atoms with E-state index in [4.69, 9.17) is 9.47 Å². The molecule has 2 aromatic carbocycles. The molecule has 5 rings (SSSR count). The Morgan fingerprint density at radius 3 is 2.53 bits per heavy atom. The number of hydrogen-bond acceptors (Lipinski definition) is 7. The van der Waals surface area contributed by atoms with Gasteiger partial charge in [-0.05, 0) is 60.4 Å². The minimum atomic E-state index is -0.430. The third-order valence-electron chi connectivity index (χ3n) is 7.37. The van der Waals surface area contributed by atoms with Crippen LogP contribution in [0.1, 0.15) is 55.7 Å². The molecule has 36 heavy (non-hydrogen) atoms. The van der Waals surface area contributed by atoms with Crippen molar-refractivity contribution in [2.45, 2.75) is 51.7 Å². The van der Waals surface area contributed by atoms with Crippen molar-refractivity contribution in [3.05, 3.63) is 75.3 Å². The monoisotopic (exact) mass is 488 g/mol. The highest BCUT2D eigenvalue weighted by atomic mass is 16.5. The third kappa shape index (κ3) is 4.13. The van der Waals surface area contributed by atoms with Crippen molar-refractivity contribution in [3.63, 3.8) is 0 Å². The van der Waals surface area contributed by atoms with Gasteiger partial charge < -0.3 is 14.5 Å². The Bertz CT molecular complexity index is 1460. The summed E-state index contributed by atoms with van der Waals surface area (Å²) in [5.74, 6) is 1.82. The normalized spacial score (nSPS) is 15.0. The SMILES string of the molecule is CCC(C)(C)n1nnnc1C(c1cc2cc(OC)c(OC)cc2[nH]c1=O)N1CCc2ccccc2C1. The number of nitrogens with one attached hydrogen (secondary N) is 1. The fourth-order valence-corrected chi connectivity index (χ4v) is 4.94. The van der Waals surface area contributed by atoms with E-state index in [1.165, 1.54) is 11.1 Å². The number of methoxy groups -OCH3 is 2. The summed E-state index contributed by atoms with van der Waals surface area (Å²) in [6.45, 7) is 7.81. The van der Waals surface area contributed by atoms with Crippen LogP contribution in [0.5, 0.6) is 11.5 Å². The summed E-state index contributed by atoms with van der Waals surface area (Å²) in [5.41, 5.74) is 3.37. The summed E-state index contributed by atoms with van der Waals surface area (Å²) < 4.78 is 12.8. The molecule has 0 bridgehead atoms. The molecule has 1 unspecified atom stereocenters. The van der Waals surface area contributed by atoms with E-state index in [1.807, 2.05) is 16.8 Å². The van der Waals surface area contributed by atoms with Crippen LogP contribution < -0.4 is 15.0 Å². The molecule has 0 radical (unpaired) electrons. The van der Waals surface area contributed by atoms with Crippen LogP contribution >= 0.6 is 0 Å². The predicted molar refractivity (Wildman–Crippen MR) is 138 cm³/mol. The van der Waals surface area contributed by atoms with Crippen molar-refractivity contribution in [2.75, 3.05) is 20.8 Å². The molecule has 4 aromatic rings. The molecule has 0 spiro atoms. The Hall–Kier alpha value is -3.72. The van der Waals surface area contributed by atoms with Gasteiger partial charge in [-0.25, -0.2) is 4.68 Å². The molecular weight excluding hydrogens is 456 g/mol. The van der Waals surface area contributed by atoms with Gasteiger partial charge in [-0.2, -0.15) is 0 Å². The molecule has 2 aromatic heterocycles. The summed E-state index contributed by atoms with van der Waals surface area (Å²) in [6.07, 6.45) is 1.73. The number of H-pyrrole nitrogens is 1. The lowest BCUT2D eigenvalue weighted by Gasteiger charge is -2.36. The number of rotatable bonds is 7. The number of aromatic nitrogens is 5. The lowest BCUT2D eigenvalue weighted by atomic mass is 9.95. The molecule has 0 saturated carbocycles. The molecule has 1 N–H and O–H groups in total. The van der Waals surface area contributed by atoms with Crippen LogP contribution in [0.2, 0.25) is 0 Å². The number of tetrazole rings is 1. The molecule has 9 nitrogen and oxygen atoms in total. The Balaban J connectivity index is 1.70. The van der Waals surface area contributed by atoms with E-state index in [-0.39, 0.29) is 11.1 Å². The van der Waals surface area contributed by atoms with Crippen molar-refractivity contribution in [2.24, 2.45) is 0 Å². The largest absolute Gasteiger partial charge is 0.493 e. The zero-order valence-corrected chi connectivity index (χ0v) is 21.4. The fourth-order valence-electron chi connectivity index (χ4n) is 4.94. The Labute approximate surface area is 210 Å². The minimum Gasteiger partial charge on any atom is -0.493 e. The van der Waals surface area contributed by atoms with Crippen LogP contribution in [0.25, 0.3) is 10.9 Å². The van der Waals surface area contributed by atoms with Gasteiger partial charge >= 0.3 is 0 Å². The van der Waals surface area contributed by atoms with Crippen molar-refractivity contribution in [1.82, 2.24) is 30.1 Å². The van der Waals surface area contributed by atoms with Crippen molar-refractivity contribution in [3.8, 4) is 11.5 Å². The van der Waals surface area contributed by atoms with Crippen LogP contribution in [0.3, 0.4) is 0 Å². The quantitative estimate of drug-likeness (QED) is 0.422. The summed E-state index contributed by atoms with van der Waals surface area (Å²) in [6, 6.07) is 13.6. The third-order valence-corrected chi connectivity index (χ3v) is 7.37. The Morgan fingerprint density at radius 2 is 1.81 bits per heavy atom. The van der Waals surface area contributed by atoms with Crippen molar-refractivity contribution >= 4 is 10.9 Å². The predicted octanol–water partition coefficient (Wildman–Crippen LogP) is 3.82. The van der Waals surface area contributed by atoms with Gasteiger partial charge in [0.25, 0.3) is 5.56 Å². The molecule has 1 atom stereocenters. The maximum absolute atomic E-state index is 13.6. The first kappa shape index (κ1) is 24.0. The standard InChI is InChI=1S/C27H32N6O3/c1-6-27(2,3)33-25(29-30-31-33)24(32-12-11-17-9-7-8-10-18(17)16-32)20-13-19-14-22(35-4)23(36-5)15-21(19)28-26(20)34/h7-10,13-15,24H,6,11-12,16H2,1-5H3,(H,28,34). The highest BCUT2D eigenvalue weighted by Crippen LogP contribution is 2.36. The van der Waals surface area contributed by atoms with Gasteiger partial charge in [0.15, 0.2) is 17.3 Å². The Morgan fingerprint density at radius 1 is 1.08 bits per heavy atom. The second-order valence-corrected chi connectivity index (χ2v) is 9.85. The van der Waals surface area contributed by atoms with E-state index in [0.29, 0.717) is 34.9 Å². The fraction of sp³-hybridized carbons (Fsp3) is 0.407. The number of nitrogens with zero attached hydrogens (tertiary/aromatic N) is 5. The summed E-state index contributed by atoms with van der Waals surface area (Å²) in [4.78, 5) is 19.0. The first-order chi connectivity index (χ1) is 17.4. The number of ether oxygens (including phenoxy) is 2. The van der Waals surface area contributed by atoms with E-state index < -0.39 is 6.04 Å². The number of fused-ring (bicyclic) bond motifs is 2. The van der Waals surface area contributed by atoms with E-state index >= 15 is 0 Å². The van der Waals surface area contributed by atoms with Crippen LogP contribution in [0.15, 0.2) is 47.3 Å². The topological polar surface area (TPSA) is 98.2 Å². The molecule has 9 heteroatoms. The average Bonchev–Trinajstić information content (AvgIpc) is 3.39. The van der Waals surface area contributed by atoms with Gasteiger partial charge in [0.05, 0.1) is 25.3 Å². The highest BCUT2D eigenvalue weighted by molar-refractivity contribution is 5.83. The molecule has 0 fully saturated rings. The van der Waals surface area contributed by atoms with Crippen LogP contribution in [0, 0.1) is 0 Å². The van der Waals surface area contributed by atoms with E-state index in [2.05, 4.69) is 70.4 Å². The van der Waals surface area contributed by atoms with Crippen molar-refractivity contribution < 1.29 is 9.47 Å². The van der Waals surface area contributed by atoms with Crippen LogP contribution in [-0.2, 0) is 18.5 Å². The van der Waals surface area contributed by atoms with E-state index in [1.54, 1.807) is 20.3 Å². The number of benzene rings is 2. The van der Waals surface area contributed by atoms with Crippen LogP contribution in [-0.4, -0.2) is 50.9 Å². The van der Waals surface area contributed by atoms with Gasteiger partial charge in [-0.15, -0.1) is 5.10 Å². The van der Waals surface area contributed by atoms with Gasteiger partial charge in [-0.3, -0.25) is 9.69 Å². The van der Waals surface area contributed by atoms with Gasteiger partial charge in [0, 0.05) is 30.1 Å². The molecule has 0 aliphatic carbocycles. The summed E-state index contributed by atoms with van der Waals surface area (Å²) in [5, 5.41) is 13.7. The zero-order valence-electron chi connectivity index (χ0n) is 21.4. The summed E-state index contributed by atoms with van der Waals surface area (Å²) >= 11 is 0. The Kier molecular flexibility index (Phi) is 6.26. The maximum Gasteiger partial charge on any atom is 0.253 e. The van der Waals surface area contributed by atoms with E-state index in [0.717, 1.165) is 24.8 Å². The second kappa shape index (κ2) is 9.39.